The highest BCUT2D eigenvalue weighted by Gasteiger charge is 2.04. The summed E-state index contributed by atoms with van der Waals surface area (Å²) in [6, 6.07) is 8.63. The van der Waals surface area contributed by atoms with Crippen LogP contribution in [-0.4, -0.2) is 38.8 Å². The van der Waals surface area contributed by atoms with Crippen molar-refractivity contribution in [2.24, 2.45) is 5.10 Å². The Morgan fingerprint density at radius 2 is 2.00 bits per heavy atom. The van der Waals surface area contributed by atoms with Crippen LogP contribution >= 0.6 is 0 Å². The molecule has 1 heterocycles. The van der Waals surface area contributed by atoms with E-state index in [0.717, 1.165) is 0 Å². The van der Waals surface area contributed by atoms with Gasteiger partial charge in [-0.2, -0.15) is 5.10 Å². The first-order valence-corrected chi connectivity index (χ1v) is 7.65. The van der Waals surface area contributed by atoms with Crippen LogP contribution < -0.4 is 20.2 Å². The fourth-order valence-corrected chi connectivity index (χ4v) is 1.92. The molecule has 2 amide bonds. The SMILES string of the molecule is COc1ccc(C=NNC(=O)CNC(=O)/C=C/c2ccco2)cc1OC. The summed E-state index contributed by atoms with van der Waals surface area (Å²) in [5, 5.41) is 6.27. The first-order valence-electron chi connectivity index (χ1n) is 7.65. The molecule has 0 saturated heterocycles. The number of furan rings is 1. The highest BCUT2D eigenvalue weighted by atomic mass is 16.5. The van der Waals surface area contributed by atoms with Crippen molar-refractivity contribution in [3.05, 3.63) is 54.0 Å². The van der Waals surface area contributed by atoms with Crippen LogP contribution in [0.2, 0.25) is 0 Å². The number of hydrazone groups is 1. The molecule has 136 valence electrons. The molecule has 26 heavy (non-hydrogen) atoms. The summed E-state index contributed by atoms with van der Waals surface area (Å²) in [7, 11) is 3.08. The molecule has 0 spiro atoms. The number of carbonyl (C=O) groups excluding carboxylic acids is 2. The maximum absolute atomic E-state index is 11.7. The van der Waals surface area contributed by atoms with Crippen LogP contribution in [0.15, 0.2) is 52.2 Å². The third-order valence-corrected chi connectivity index (χ3v) is 3.18. The zero-order chi connectivity index (χ0) is 18.8. The molecule has 0 aliphatic heterocycles. The van der Waals surface area contributed by atoms with Gasteiger partial charge in [0.25, 0.3) is 5.91 Å². The van der Waals surface area contributed by atoms with Gasteiger partial charge in [-0.3, -0.25) is 9.59 Å². The van der Waals surface area contributed by atoms with E-state index < -0.39 is 11.8 Å². The quantitative estimate of drug-likeness (QED) is 0.424. The lowest BCUT2D eigenvalue weighted by atomic mass is 10.2. The number of nitrogens with one attached hydrogen (secondary N) is 2. The van der Waals surface area contributed by atoms with Crippen molar-refractivity contribution in [3.63, 3.8) is 0 Å². The number of hydrogen-bond acceptors (Lipinski definition) is 6. The molecule has 0 unspecified atom stereocenters. The molecule has 0 atom stereocenters. The smallest absolute Gasteiger partial charge is 0.259 e. The van der Waals surface area contributed by atoms with Gasteiger partial charge in [0.05, 0.1) is 33.2 Å². The molecule has 1 aromatic heterocycles. The van der Waals surface area contributed by atoms with Crippen LogP contribution in [0, 0.1) is 0 Å². The Hall–Kier alpha value is -3.55. The van der Waals surface area contributed by atoms with Crippen LogP contribution in [-0.2, 0) is 9.59 Å². The molecule has 2 aromatic rings. The van der Waals surface area contributed by atoms with Crippen molar-refractivity contribution in [2.45, 2.75) is 0 Å². The summed E-state index contributed by atoms with van der Waals surface area (Å²) in [6.45, 7) is -0.204. The second-order valence-electron chi connectivity index (χ2n) is 4.97. The van der Waals surface area contributed by atoms with Gasteiger partial charge >= 0.3 is 0 Å². The molecule has 1 aromatic carbocycles. The highest BCUT2D eigenvalue weighted by Crippen LogP contribution is 2.26. The molecule has 0 saturated carbocycles. The van der Waals surface area contributed by atoms with Gasteiger partial charge in [-0.15, -0.1) is 0 Å². The van der Waals surface area contributed by atoms with Crippen LogP contribution in [0.3, 0.4) is 0 Å². The minimum atomic E-state index is -0.457. The van der Waals surface area contributed by atoms with Gasteiger partial charge in [0.15, 0.2) is 11.5 Å². The number of rotatable bonds is 8. The van der Waals surface area contributed by atoms with Gasteiger partial charge in [0, 0.05) is 6.08 Å². The second kappa shape index (κ2) is 9.67. The molecule has 8 nitrogen and oxygen atoms in total. The first-order chi connectivity index (χ1) is 12.6. The van der Waals surface area contributed by atoms with Gasteiger partial charge in [0.2, 0.25) is 5.91 Å². The third kappa shape index (κ3) is 5.82. The molecule has 0 aliphatic rings. The summed E-state index contributed by atoms with van der Waals surface area (Å²) < 4.78 is 15.4. The van der Waals surface area contributed by atoms with E-state index in [1.165, 1.54) is 31.7 Å². The number of amides is 2. The van der Waals surface area contributed by atoms with E-state index in [1.54, 1.807) is 37.4 Å². The Balaban J connectivity index is 1.77. The summed E-state index contributed by atoms with van der Waals surface area (Å²) in [5.41, 5.74) is 3.04. The normalized spacial score (nSPS) is 10.8. The topological polar surface area (TPSA) is 102 Å². The zero-order valence-electron chi connectivity index (χ0n) is 14.4. The van der Waals surface area contributed by atoms with E-state index in [1.807, 2.05) is 0 Å². The molecule has 0 bridgehead atoms. The van der Waals surface area contributed by atoms with Crippen LogP contribution in [0.25, 0.3) is 6.08 Å². The van der Waals surface area contributed by atoms with E-state index in [9.17, 15) is 9.59 Å². The fraction of sp³-hybridized carbons (Fsp3) is 0.167. The Morgan fingerprint density at radius 1 is 1.19 bits per heavy atom. The van der Waals surface area contributed by atoms with Gasteiger partial charge in [-0.05, 0) is 42.0 Å². The lowest BCUT2D eigenvalue weighted by Crippen LogP contribution is -2.34. The molecule has 0 radical (unpaired) electrons. The third-order valence-electron chi connectivity index (χ3n) is 3.18. The molecular formula is C18H19N3O5. The molecule has 0 fully saturated rings. The minimum absolute atomic E-state index is 0.204. The maximum Gasteiger partial charge on any atom is 0.259 e. The van der Waals surface area contributed by atoms with Crippen molar-refractivity contribution in [3.8, 4) is 11.5 Å². The van der Waals surface area contributed by atoms with Crippen molar-refractivity contribution >= 4 is 24.1 Å². The molecule has 0 aliphatic carbocycles. The number of benzene rings is 1. The van der Waals surface area contributed by atoms with Gasteiger partial charge in [0.1, 0.15) is 5.76 Å². The molecule has 8 heteroatoms. The van der Waals surface area contributed by atoms with Crippen LogP contribution in [0.5, 0.6) is 11.5 Å². The van der Waals surface area contributed by atoms with Crippen molar-refractivity contribution < 1.29 is 23.5 Å². The lowest BCUT2D eigenvalue weighted by molar-refractivity contribution is -0.123. The predicted molar refractivity (Wildman–Crippen MR) is 96.0 cm³/mol. The molecule has 2 N–H and O–H groups in total. The Morgan fingerprint density at radius 3 is 2.69 bits per heavy atom. The number of hydrogen-bond donors (Lipinski definition) is 2. The van der Waals surface area contributed by atoms with E-state index >= 15 is 0 Å². The minimum Gasteiger partial charge on any atom is -0.493 e. The summed E-state index contributed by atoms with van der Waals surface area (Å²) >= 11 is 0. The number of methoxy groups -OCH3 is 2. The van der Waals surface area contributed by atoms with Crippen molar-refractivity contribution in [1.29, 1.82) is 0 Å². The summed E-state index contributed by atoms with van der Waals surface area (Å²) in [4.78, 5) is 23.3. The average Bonchev–Trinajstić information content (AvgIpc) is 3.18. The second-order valence-corrected chi connectivity index (χ2v) is 4.97. The van der Waals surface area contributed by atoms with Crippen molar-refractivity contribution in [2.75, 3.05) is 20.8 Å². The Bertz CT molecular complexity index is 797. The summed E-state index contributed by atoms with van der Waals surface area (Å²) in [6.07, 6.45) is 5.74. The molecular weight excluding hydrogens is 338 g/mol. The molecule has 2 rings (SSSR count). The van der Waals surface area contributed by atoms with Gasteiger partial charge in [-0.25, -0.2) is 5.43 Å². The monoisotopic (exact) mass is 357 g/mol. The standard InChI is InChI=1S/C18H19N3O5/c1-24-15-7-5-13(10-16(15)25-2)11-20-21-18(23)12-19-17(22)8-6-14-4-3-9-26-14/h3-11H,12H2,1-2H3,(H,19,22)(H,21,23)/b8-6+,20-11?. The number of ether oxygens (including phenoxy) is 2. The van der Waals surface area contributed by atoms with E-state index in [4.69, 9.17) is 13.9 Å². The van der Waals surface area contributed by atoms with E-state index in [0.29, 0.717) is 22.8 Å². The van der Waals surface area contributed by atoms with Gasteiger partial charge in [-0.1, -0.05) is 0 Å². The average molecular weight is 357 g/mol. The van der Waals surface area contributed by atoms with Gasteiger partial charge < -0.3 is 19.2 Å². The number of nitrogens with zero attached hydrogens (tertiary/aromatic N) is 1. The van der Waals surface area contributed by atoms with Crippen molar-refractivity contribution in [1.82, 2.24) is 10.7 Å². The number of carbonyl (C=O) groups is 2. The predicted octanol–water partition coefficient (Wildman–Crippen LogP) is 1.58. The zero-order valence-corrected chi connectivity index (χ0v) is 14.4. The summed E-state index contributed by atoms with van der Waals surface area (Å²) in [5.74, 6) is 0.823. The van der Waals surface area contributed by atoms with Crippen LogP contribution in [0.1, 0.15) is 11.3 Å². The Labute approximate surface area is 150 Å². The van der Waals surface area contributed by atoms with E-state index in [-0.39, 0.29) is 6.54 Å². The fourth-order valence-electron chi connectivity index (χ4n) is 1.92. The largest absolute Gasteiger partial charge is 0.493 e. The maximum atomic E-state index is 11.7. The highest BCUT2D eigenvalue weighted by molar-refractivity contribution is 5.94. The Kier molecular flexibility index (Phi) is 6.99. The van der Waals surface area contributed by atoms with Crippen LogP contribution in [0.4, 0.5) is 0 Å². The first kappa shape index (κ1) is 18.8. The van der Waals surface area contributed by atoms with E-state index in [2.05, 4.69) is 15.8 Å². The lowest BCUT2D eigenvalue weighted by Gasteiger charge is -2.07.